The summed E-state index contributed by atoms with van der Waals surface area (Å²) in [5, 5.41) is 0.653. The Labute approximate surface area is 181 Å². The lowest BCUT2D eigenvalue weighted by Crippen LogP contribution is -2.23. The fourth-order valence-electron chi connectivity index (χ4n) is 2.72. The number of halogens is 2. The number of benzene rings is 2. The Morgan fingerprint density at radius 1 is 1.14 bits per heavy atom. The quantitative estimate of drug-likeness (QED) is 0.539. The lowest BCUT2D eigenvalue weighted by atomic mass is 10.2. The first-order valence-corrected chi connectivity index (χ1v) is 10.4. The molecule has 0 unspecified atom stereocenters. The molecule has 1 heterocycles. The summed E-state index contributed by atoms with van der Waals surface area (Å²) in [7, 11) is 3.84. The maximum absolute atomic E-state index is 12.7. The summed E-state index contributed by atoms with van der Waals surface area (Å²) in [6.45, 7) is 1.85. The number of aromatic nitrogens is 1. The molecule has 0 aliphatic carbocycles. The van der Waals surface area contributed by atoms with Gasteiger partial charge in [0, 0.05) is 25.3 Å². The van der Waals surface area contributed by atoms with Gasteiger partial charge in [0.25, 0.3) is 5.91 Å². The van der Waals surface area contributed by atoms with E-state index in [1.165, 1.54) is 11.3 Å². The number of thiazole rings is 1. The normalized spacial score (nSPS) is 11.7. The van der Waals surface area contributed by atoms with E-state index in [4.69, 9.17) is 27.9 Å². The van der Waals surface area contributed by atoms with Crippen LogP contribution in [0.5, 0.6) is 0 Å². The Balaban J connectivity index is 2.10. The van der Waals surface area contributed by atoms with Crippen molar-refractivity contribution < 1.29 is 14.3 Å². The van der Waals surface area contributed by atoms with Gasteiger partial charge in [-0.3, -0.25) is 9.59 Å². The molecule has 29 heavy (non-hydrogen) atoms. The van der Waals surface area contributed by atoms with Crippen molar-refractivity contribution in [1.82, 2.24) is 4.57 Å². The second kappa shape index (κ2) is 8.98. The molecule has 0 bridgehead atoms. The summed E-state index contributed by atoms with van der Waals surface area (Å²) in [5.41, 5.74) is 1.97. The van der Waals surface area contributed by atoms with Crippen LogP contribution >= 0.6 is 34.5 Å². The zero-order valence-electron chi connectivity index (χ0n) is 16.1. The summed E-state index contributed by atoms with van der Waals surface area (Å²) < 4.78 is 7.38. The average Bonchev–Trinajstić information content (AvgIpc) is 3.02. The van der Waals surface area contributed by atoms with Crippen LogP contribution in [0.2, 0.25) is 10.0 Å². The fraction of sp³-hybridized carbons (Fsp3) is 0.250. The maximum Gasteiger partial charge on any atom is 0.326 e. The van der Waals surface area contributed by atoms with Crippen LogP contribution in [0, 0.1) is 0 Å². The lowest BCUT2D eigenvalue weighted by Gasteiger charge is -2.11. The molecule has 1 amide bonds. The van der Waals surface area contributed by atoms with Gasteiger partial charge in [0.1, 0.15) is 6.54 Å². The summed E-state index contributed by atoms with van der Waals surface area (Å²) >= 11 is 13.8. The van der Waals surface area contributed by atoms with E-state index in [1.54, 1.807) is 35.8 Å². The van der Waals surface area contributed by atoms with E-state index in [1.807, 2.05) is 31.1 Å². The Bertz CT molecular complexity index is 1130. The molecule has 0 fully saturated rings. The van der Waals surface area contributed by atoms with Crippen LogP contribution in [-0.4, -0.2) is 37.1 Å². The highest BCUT2D eigenvalue weighted by atomic mass is 35.5. The Kier molecular flexibility index (Phi) is 6.62. The van der Waals surface area contributed by atoms with Crippen molar-refractivity contribution in [3.05, 3.63) is 56.8 Å². The Morgan fingerprint density at radius 2 is 1.83 bits per heavy atom. The first-order valence-electron chi connectivity index (χ1n) is 8.81. The van der Waals surface area contributed by atoms with Gasteiger partial charge in [-0.25, -0.2) is 0 Å². The minimum absolute atomic E-state index is 0.125. The largest absolute Gasteiger partial charge is 0.465 e. The molecular weight excluding hydrogens is 433 g/mol. The van der Waals surface area contributed by atoms with Crippen molar-refractivity contribution in [2.24, 2.45) is 4.99 Å². The van der Waals surface area contributed by atoms with Gasteiger partial charge in [-0.1, -0.05) is 34.5 Å². The molecule has 0 saturated carbocycles. The zero-order chi connectivity index (χ0) is 21.1. The third-order valence-electron chi connectivity index (χ3n) is 4.15. The minimum atomic E-state index is -0.451. The molecule has 0 atom stereocenters. The third kappa shape index (κ3) is 4.63. The number of anilines is 1. The van der Waals surface area contributed by atoms with Gasteiger partial charge >= 0.3 is 5.97 Å². The van der Waals surface area contributed by atoms with E-state index in [-0.39, 0.29) is 13.2 Å². The van der Waals surface area contributed by atoms with E-state index in [2.05, 4.69) is 4.99 Å². The van der Waals surface area contributed by atoms with Gasteiger partial charge in [0.15, 0.2) is 4.80 Å². The number of carbonyl (C=O) groups excluding carboxylic acids is 2. The number of rotatable bonds is 5. The number of ether oxygens (including phenoxy) is 1. The highest BCUT2D eigenvalue weighted by Crippen LogP contribution is 2.32. The van der Waals surface area contributed by atoms with Crippen LogP contribution in [0.15, 0.2) is 41.4 Å². The first kappa shape index (κ1) is 21.4. The summed E-state index contributed by atoms with van der Waals surface area (Å²) in [6.07, 6.45) is 0. The van der Waals surface area contributed by atoms with Crippen LogP contribution in [0.4, 0.5) is 5.69 Å². The van der Waals surface area contributed by atoms with E-state index in [9.17, 15) is 9.59 Å². The molecule has 0 radical (unpaired) electrons. The number of hydrogen-bond acceptors (Lipinski definition) is 5. The number of fused-ring (bicyclic) bond motifs is 1. The topological polar surface area (TPSA) is 63.9 Å². The van der Waals surface area contributed by atoms with E-state index in [0.29, 0.717) is 25.9 Å². The number of amides is 1. The van der Waals surface area contributed by atoms with E-state index >= 15 is 0 Å². The first-order chi connectivity index (χ1) is 13.8. The van der Waals surface area contributed by atoms with Crippen molar-refractivity contribution >= 4 is 62.3 Å². The number of hydrogen-bond donors (Lipinski definition) is 0. The van der Waals surface area contributed by atoms with Gasteiger partial charge in [0.05, 0.1) is 26.9 Å². The molecule has 9 heteroatoms. The van der Waals surface area contributed by atoms with Gasteiger partial charge < -0.3 is 14.2 Å². The third-order valence-corrected chi connectivity index (χ3v) is 5.99. The molecule has 3 rings (SSSR count). The molecule has 2 aromatic carbocycles. The standard InChI is InChI=1S/C20H19Cl2N3O3S/c1-4-28-16(26)11-25-18-15(10-9-14(21)17(18)22)29-20(25)23-19(27)12-5-7-13(8-6-12)24(2)3/h5-10H,4,11H2,1-3H3. The lowest BCUT2D eigenvalue weighted by molar-refractivity contribution is -0.143. The minimum Gasteiger partial charge on any atom is -0.465 e. The number of carbonyl (C=O) groups is 2. The summed E-state index contributed by atoms with van der Waals surface area (Å²) in [6, 6.07) is 10.6. The van der Waals surface area contributed by atoms with Gasteiger partial charge in [-0.2, -0.15) is 4.99 Å². The average molecular weight is 452 g/mol. The monoisotopic (exact) mass is 451 g/mol. The molecule has 152 valence electrons. The van der Waals surface area contributed by atoms with E-state index in [0.717, 1.165) is 10.4 Å². The zero-order valence-corrected chi connectivity index (χ0v) is 18.4. The molecule has 0 aliphatic heterocycles. The molecule has 0 saturated heterocycles. The molecule has 1 aromatic heterocycles. The predicted octanol–water partition coefficient (Wildman–Crippen LogP) is 4.38. The molecule has 0 spiro atoms. The molecule has 6 nitrogen and oxygen atoms in total. The van der Waals surface area contributed by atoms with Crippen LogP contribution in [0.1, 0.15) is 17.3 Å². The number of esters is 1. The van der Waals surface area contributed by atoms with Crippen LogP contribution in [-0.2, 0) is 16.1 Å². The maximum atomic E-state index is 12.7. The van der Waals surface area contributed by atoms with Gasteiger partial charge in [0.2, 0.25) is 0 Å². The molecule has 0 N–H and O–H groups in total. The van der Waals surface area contributed by atoms with Gasteiger partial charge in [-0.05, 0) is 43.3 Å². The van der Waals surface area contributed by atoms with E-state index < -0.39 is 11.9 Å². The predicted molar refractivity (Wildman–Crippen MR) is 117 cm³/mol. The van der Waals surface area contributed by atoms with Crippen molar-refractivity contribution in [3.8, 4) is 0 Å². The van der Waals surface area contributed by atoms with Crippen molar-refractivity contribution in [1.29, 1.82) is 0 Å². The van der Waals surface area contributed by atoms with Crippen molar-refractivity contribution in [2.75, 3.05) is 25.6 Å². The van der Waals surface area contributed by atoms with Crippen LogP contribution in [0.3, 0.4) is 0 Å². The van der Waals surface area contributed by atoms with Crippen molar-refractivity contribution in [3.63, 3.8) is 0 Å². The highest BCUT2D eigenvalue weighted by Gasteiger charge is 2.17. The highest BCUT2D eigenvalue weighted by molar-refractivity contribution is 7.16. The SMILES string of the molecule is CCOC(=O)Cn1c(=NC(=O)c2ccc(N(C)C)cc2)sc2ccc(Cl)c(Cl)c21. The summed E-state index contributed by atoms with van der Waals surface area (Å²) in [5.74, 6) is -0.867. The molecule has 3 aromatic rings. The second-order valence-corrected chi connectivity index (χ2v) is 8.14. The fourth-order valence-corrected chi connectivity index (χ4v) is 4.24. The summed E-state index contributed by atoms with van der Waals surface area (Å²) in [4.78, 5) is 31.4. The molecule has 0 aliphatic rings. The number of nitrogens with zero attached hydrogens (tertiary/aromatic N) is 3. The van der Waals surface area contributed by atoms with Crippen LogP contribution in [0.25, 0.3) is 10.2 Å². The Morgan fingerprint density at radius 3 is 2.45 bits per heavy atom. The van der Waals surface area contributed by atoms with Crippen LogP contribution < -0.4 is 9.70 Å². The Hall–Kier alpha value is -2.35. The van der Waals surface area contributed by atoms with Gasteiger partial charge in [-0.15, -0.1) is 0 Å². The second-order valence-electron chi connectivity index (χ2n) is 6.34. The van der Waals surface area contributed by atoms with Crippen molar-refractivity contribution in [2.45, 2.75) is 13.5 Å². The smallest absolute Gasteiger partial charge is 0.326 e. The molecular formula is C20H19Cl2N3O3S.